The molecule has 9 nitrogen and oxygen atoms in total. The fourth-order valence-electron chi connectivity index (χ4n) is 6.45. The minimum atomic E-state index is -4.49. The van der Waals surface area contributed by atoms with Crippen LogP contribution < -0.4 is 20.1 Å². The average Bonchev–Trinajstić information content (AvgIpc) is 3.69. The number of aromatic nitrogens is 4. The van der Waals surface area contributed by atoms with E-state index in [2.05, 4.69) is 15.7 Å². The molecule has 1 aromatic heterocycles. The van der Waals surface area contributed by atoms with Gasteiger partial charge in [0.2, 0.25) is 5.82 Å². The first-order valence-corrected chi connectivity index (χ1v) is 16.8. The zero-order chi connectivity index (χ0) is 37.7. The topological polar surface area (TPSA) is 103 Å². The van der Waals surface area contributed by atoms with Gasteiger partial charge in [-0.3, -0.25) is 0 Å². The summed E-state index contributed by atoms with van der Waals surface area (Å²) >= 11 is 0. The number of nitrogens with one attached hydrogen (secondary N) is 2. The molecule has 2 N–H and O–H groups in total. The number of hydrogen-bond acceptors (Lipinski definition) is 6. The van der Waals surface area contributed by atoms with E-state index in [1.165, 1.54) is 12.1 Å². The number of ether oxygens (including phenoxy) is 2. The Morgan fingerprint density at radius 3 is 1.67 bits per heavy atom. The Balaban J connectivity index is 1.35. The molecule has 0 spiro atoms. The molecule has 2 amide bonds. The first-order valence-electron chi connectivity index (χ1n) is 16.8. The third kappa shape index (κ3) is 6.96. The quantitative estimate of drug-likeness (QED) is 0.136. The average molecular weight is 727 g/mol. The SMILES string of the molecule is COc1ccc(-c2ccc(NC(=O)Nc3ccc(C(F)(F)F)cc3)cc2-c2nnn(C(c3ccccc3)(c3ccccc3)c3ccccc3)n2)cc1OC. The molecule has 0 fully saturated rings. The monoisotopic (exact) mass is 726 g/mol. The fourth-order valence-corrected chi connectivity index (χ4v) is 6.45. The minimum absolute atomic E-state index is 0.186. The van der Waals surface area contributed by atoms with Crippen molar-refractivity contribution in [2.24, 2.45) is 0 Å². The lowest BCUT2D eigenvalue weighted by Gasteiger charge is -2.34. The number of hydrogen-bond donors (Lipinski definition) is 2. The Morgan fingerprint density at radius 2 is 1.13 bits per heavy atom. The number of halogens is 3. The number of tetrazole rings is 1. The number of urea groups is 1. The van der Waals surface area contributed by atoms with Gasteiger partial charge in [0.1, 0.15) is 0 Å². The summed E-state index contributed by atoms with van der Waals surface area (Å²) in [5, 5.41) is 19.8. The van der Waals surface area contributed by atoms with Gasteiger partial charge in [-0.25, -0.2) is 4.79 Å². The van der Waals surface area contributed by atoms with Crippen molar-refractivity contribution >= 4 is 17.4 Å². The van der Waals surface area contributed by atoms with E-state index in [0.29, 0.717) is 28.3 Å². The highest BCUT2D eigenvalue weighted by atomic mass is 19.4. The molecule has 7 aromatic rings. The Morgan fingerprint density at radius 1 is 0.593 bits per heavy atom. The first-order chi connectivity index (χ1) is 26.2. The molecule has 54 heavy (non-hydrogen) atoms. The molecule has 12 heteroatoms. The van der Waals surface area contributed by atoms with Gasteiger partial charge in [0.25, 0.3) is 0 Å². The minimum Gasteiger partial charge on any atom is -0.493 e. The standard InChI is InChI=1S/C42H33F3N6O3/c1-53-37-25-18-28(26-38(37)54-2)35-24-23-34(47-40(52)46-33-21-19-32(20-22-33)42(43,44)45)27-36(35)39-48-50-51(49-39)41(29-12-6-3-7-13-29,30-14-8-4-9-15-30)31-16-10-5-11-17-31/h3-27H,1-2H3,(H2,46,47,52). The number of methoxy groups -OCH3 is 2. The summed E-state index contributed by atoms with van der Waals surface area (Å²) in [5.41, 5.74) is 3.40. The highest BCUT2D eigenvalue weighted by molar-refractivity contribution is 6.00. The lowest BCUT2D eigenvalue weighted by Crippen LogP contribution is -2.39. The van der Waals surface area contributed by atoms with Gasteiger partial charge >= 0.3 is 12.2 Å². The largest absolute Gasteiger partial charge is 0.493 e. The first kappa shape index (κ1) is 35.5. The van der Waals surface area contributed by atoms with Gasteiger partial charge in [-0.1, -0.05) is 103 Å². The van der Waals surface area contributed by atoms with Crippen molar-refractivity contribution in [3.63, 3.8) is 0 Å². The molecule has 0 saturated carbocycles. The van der Waals surface area contributed by atoms with Crippen molar-refractivity contribution in [2.75, 3.05) is 24.9 Å². The second-order valence-corrected chi connectivity index (χ2v) is 12.2. The van der Waals surface area contributed by atoms with E-state index in [9.17, 15) is 18.0 Å². The maximum atomic E-state index is 13.1. The van der Waals surface area contributed by atoms with E-state index in [-0.39, 0.29) is 11.5 Å². The van der Waals surface area contributed by atoms with E-state index in [1.54, 1.807) is 37.2 Å². The molecule has 0 unspecified atom stereocenters. The highest BCUT2D eigenvalue weighted by Crippen LogP contribution is 2.42. The molecule has 0 aliphatic heterocycles. The van der Waals surface area contributed by atoms with Crippen molar-refractivity contribution in [1.82, 2.24) is 20.2 Å². The van der Waals surface area contributed by atoms with Gasteiger partial charge < -0.3 is 20.1 Å². The van der Waals surface area contributed by atoms with Gasteiger partial charge in [0.15, 0.2) is 17.0 Å². The van der Waals surface area contributed by atoms with Crippen LogP contribution in [0, 0.1) is 0 Å². The molecular formula is C42H33F3N6O3. The van der Waals surface area contributed by atoms with Crippen LogP contribution in [0.15, 0.2) is 152 Å². The summed E-state index contributed by atoms with van der Waals surface area (Å²) in [7, 11) is 3.11. The lowest BCUT2D eigenvalue weighted by atomic mass is 9.77. The normalized spacial score (nSPS) is 11.5. The maximum Gasteiger partial charge on any atom is 0.416 e. The Labute approximate surface area is 309 Å². The second-order valence-electron chi connectivity index (χ2n) is 12.2. The third-order valence-corrected chi connectivity index (χ3v) is 8.97. The van der Waals surface area contributed by atoms with Crippen LogP contribution >= 0.6 is 0 Å². The number of benzene rings is 6. The molecule has 1 heterocycles. The Bertz CT molecular complexity index is 2270. The van der Waals surface area contributed by atoms with Gasteiger partial charge in [0, 0.05) is 16.9 Å². The van der Waals surface area contributed by atoms with Crippen LogP contribution in [0.1, 0.15) is 22.3 Å². The van der Waals surface area contributed by atoms with Crippen LogP contribution in [0.2, 0.25) is 0 Å². The Kier molecular flexibility index (Phi) is 9.82. The van der Waals surface area contributed by atoms with E-state index < -0.39 is 23.3 Å². The van der Waals surface area contributed by atoms with Gasteiger partial charge in [0.05, 0.1) is 19.8 Å². The summed E-state index contributed by atoms with van der Waals surface area (Å²) in [6.45, 7) is 0. The summed E-state index contributed by atoms with van der Waals surface area (Å²) in [4.78, 5) is 14.7. The summed E-state index contributed by atoms with van der Waals surface area (Å²) in [6, 6.07) is 44.0. The number of carbonyl (C=O) groups is 1. The Hall–Kier alpha value is -6.95. The van der Waals surface area contributed by atoms with Crippen LogP contribution in [0.4, 0.5) is 29.3 Å². The summed E-state index contributed by atoms with van der Waals surface area (Å²) in [6.07, 6.45) is -4.49. The molecule has 7 rings (SSSR count). The van der Waals surface area contributed by atoms with E-state index in [4.69, 9.17) is 19.8 Å². The van der Waals surface area contributed by atoms with Crippen molar-refractivity contribution < 1.29 is 27.4 Å². The van der Waals surface area contributed by atoms with Gasteiger partial charge in [-0.2, -0.15) is 13.2 Å². The zero-order valence-corrected chi connectivity index (χ0v) is 29.1. The molecule has 0 saturated heterocycles. The number of rotatable bonds is 10. The molecule has 0 atom stereocenters. The van der Waals surface area contributed by atoms with Crippen LogP contribution in [-0.2, 0) is 11.7 Å². The predicted molar refractivity (Wildman–Crippen MR) is 200 cm³/mol. The molecule has 0 bridgehead atoms. The summed E-state index contributed by atoms with van der Waals surface area (Å²) < 4.78 is 50.3. The van der Waals surface area contributed by atoms with Crippen molar-refractivity contribution in [2.45, 2.75) is 11.7 Å². The molecular weight excluding hydrogens is 693 g/mol. The smallest absolute Gasteiger partial charge is 0.416 e. The van der Waals surface area contributed by atoms with Crippen molar-refractivity contribution in [3.8, 4) is 34.0 Å². The predicted octanol–water partition coefficient (Wildman–Crippen LogP) is 9.53. The molecule has 0 aliphatic carbocycles. The zero-order valence-electron chi connectivity index (χ0n) is 29.1. The lowest BCUT2D eigenvalue weighted by molar-refractivity contribution is -0.137. The summed E-state index contributed by atoms with van der Waals surface area (Å²) in [5.74, 6) is 1.31. The molecule has 270 valence electrons. The van der Waals surface area contributed by atoms with Crippen LogP contribution in [0.25, 0.3) is 22.5 Å². The fraction of sp³-hybridized carbons (Fsp3) is 0.0952. The van der Waals surface area contributed by atoms with Gasteiger partial charge in [-0.15, -0.1) is 15.0 Å². The van der Waals surface area contributed by atoms with E-state index in [0.717, 1.165) is 34.4 Å². The molecule has 0 aliphatic rings. The van der Waals surface area contributed by atoms with E-state index >= 15 is 0 Å². The van der Waals surface area contributed by atoms with Crippen LogP contribution in [0.3, 0.4) is 0 Å². The third-order valence-electron chi connectivity index (χ3n) is 8.97. The van der Waals surface area contributed by atoms with Crippen molar-refractivity contribution in [3.05, 3.63) is 174 Å². The number of anilines is 2. The number of alkyl halides is 3. The molecule has 6 aromatic carbocycles. The number of carbonyl (C=O) groups excluding carboxylic acids is 1. The number of nitrogens with zero attached hydrogens (tertiary/aromatic N) is 4. The van der Waals surface area contributed by atoms with E-state index in [1.807, 2.05) is 109 Å². The van der Waals surface area contributed by atoms with Crippen molar-refractivity contribution in [1.29, 1.82) is 0 Å². The number of amides is 2. The van der Waals surface area contributed by atoms with Gasteiger partial charge in [-0.05, 0) is 81.6 Å². The second kappa shape index (κ2) is 15.0. The maximum absolute atomic E-state index is 13.1. The highest BCUT2D eigenvalue weighted by Gasteiger charge is 2.41. The molecule has 0 radical (unpaired) electrons. The van der Waals surface area contributed by atoms with Crippen LogP contribution in [-0.4, -0.2) is 40.5 Å². The van der Waals surface area contributed by atoms with Crippen LogP contribution in [0.5, 0.6) is 11.5 Å².